The third-order valence-electron chi connectivity index (χ3n) is 3.67. The second kappa shape index (κ2) is 8.04. The number of Topliss-reactive ketones (excluding diaryl/α,β-unsaturated/α-hetero) is 1. The van der Waals surface area contributed by atoms with Gasteiger partial charge in [-0.25, -0.2) is 13.1 Å². The summed E-state index contributed by atoms with van der Waals surface area (Å²) < 4.78 is 32.4. The maximum Gasteiger partial charge on any atom is 0.307 e. The Kier molecular flexibility index (Phi) is 6.06. The molecule has 1 N–H and O–H groups in total. The third-order valence-corrected chi connectivity index (χ3v) is 5.16. The van der Waals surface area contributed by atoms with E-state index in [9.17, 15) is 18.0 Å². The Labute approximate surface area is 146 Å². The van der Waals surface area contributed by atoms with Gasteiger partial charge in [0, 0.05) is 5.56 Å². The van der Waals surface area contributed by atoms with Crippen molar-refractivity contribution in [1.29, 1.82) is 0 Å². The Balaban J connectivity index is 2.29. The summed E-state index contributed by atoms with van der Waals surface area (Å²) in [6, 6.07) is 13.6. The van der Waals surface area contributed by atoms with E-state index < -0.39 is 22.0 Å². The summed E-state index contributed by atoms with van der Waals surface area (Å²) in [7, 11) is -2.62. The van der Waals surface area contributed by atoms with Gasteiger partial charge in [0.15, 0.2) is 5.78 Å². The Hall–Kier alpha value is -2.51. The molecule has 0 aromatic heterocycles. The number of nitrogens with one attached hydrogen (secondary N) is 1. The van der Waals surface area contributed by atoms with Crippen LogP contribution in [0.1, 0.15) is 35.3 Å². The lowest BCUT2D eigenvalue weighted by atomic mass is 10.1. The van der Waals surface area contributed by atoms with E-state index in [1.54, 1.807) is 30.3 Å². The van der Waals surface area contributed by atoms with Gasteiger partial charge in [0.05, 0.1) is 24.5 Å². The molecule has 2 rings (SSSR count). The molecule has 0 heterocycles. The van der Waals surface area contributed by atoms with Crippen molar-refractivity contribution in [3.63, 3.8) is 0 Å². The van der Waals surface area contributed by atoms with Crippen LogP contribution < -0.4 is 4.72 Å². The molecule has 7 heteroatoms. The predicted octanol–water partition coefficient (Wildman–Crippen LogP) is 2.47. The van der Waals surface area contributed by atoms with Crippen LogP contribution >= 0.6 is 0 Å². The monoisotopic (exact) mass is 361 g/mol. The van der Waals surface area contributed by atoms with E-state index in [-0.39, 0.29) is 17.1 Å². The lowest BCUT2D eigenvalue weighted by Gasteiger charge is -2.18. The maximum atomic E-state index is 12.6. The summed E-state index contributed by atoms with van der Waals surface area (Å²) in [6.07, 6.45) is -0.134. The molecule has 0 aliphatic rings. The average molecular weight is 361 g/mol. The fourth-order valence-electron chi connectivity index (χ4n) is 2.29. The van der Waals surface area contributed by atoms with E-state index in [1.807, 2.05) is 0 Å². The third kappa shape index (κ3) is 4.98. The second-order valence-corrected chi connectivity index (χ2v) is 7.16. The minimum Gasteiger partial charge on any atom is -0.469 e. The number of rotatable bonds is 7. The molecule has 6 nitrogen and oxygen atoms in total. The molecule has 0 aliphatic carbocycles. The molecule has 2 aromatic carbocycles. The smallest absolute Gasteiger partial charge is 0.307 e. The van der Waals surface area contributed by atoms with E-state index in [4.69, 9.17) is 0 Å². The number of esters is 1. The highest BCUT2D eigenvalue weighted by atomic mass is 32.2. The number of methoxy groups -OCH3 is 1. The van der Waals surface area contributed by atoms with Crippen molar-refractivity contribution in [3.8, 4) is 0 Å². The van der Waals surface area contributed by atoms with Crippen molar-refractivity contribution in [2.75, 3.05) is 7.11 Å². The molecule has 0 unspecified atom stereocenters. The van der Waals surface area contributed by atoms with E-state index in [1.165, 1.54) is 38.3 Å². The van der Waals surface area contributed by atoms with Crippen molar-refractivity contribution < 1.29 is 22.7 Å². The van der Waals surface area contributed by atoms with E-state index in [0.717, 1.165) is 0 Å². The van der Waals surface area contributed by atoms with Gasteiger partial charge in [-0.15, -0.1) is 0 Å². The highest BCUT2D eigenvalue weighted by molar-refractivity contribution is 7.89. The molecule has 132 valence electrons. The van der Waals surface area contributed by atoms with E-state index >= 15 is 0 Å². The Morgan fingerprint density at radius 1 is 1.04 bits per heavy atom. The van der Waals surface area contributed by atoms with Crippen LogP contribution in [0.4, 0.5) is 0 Å². The Morgan fingerprint density at radius 2 is 1.64 bits per heavy atom. The van der Waals surface area contributed by atoms with Crippen molar-refractivity contribution >= 4 is 21.8 Å². The Bertz CT molecular complexity index is 845. The van der Waals surface area contributed by atoms with E-state index in [2.05, 4.69) is 9.46 Å². The van der Waals surface area contributed by atoms with Crippen molar-refractivity contribution in [2.24, 2.45) is 0 Å². The molecule has 0 spiro atoms. The molecule has 0 saturated carbocycles. The molecular weight excluding hydrogens is 342 g/mol. The lowest BCUT2D eigenvalue weighted by molar-refractivity contribution is -0.141. The van der Waals surface area contributed by atoms with Crippen LogP contribution in [-0.2, 0) is 19.6 Å². The molecule has 0 saturated heterocycles. The minimum absolute atomic E-state index is 0.0169. The van der Waals surface area contributed by atoms with E-state index in [0.29, 0.717) is 11.1 Å². The molecule has 0 amide bonds. The first kappa shape index (κ1) is 18.8. The van der Waals surface area contributed by atoms with Gasteiger partial charge in [0.1, 0.15) is 0 Å². The molecule has 1 atom stereocenters. The number of benzene rings is 2. The number of ketones is 1. The number of sulfonamides is 1. The van der Waals surface area contributed by atoms with Crippen LogP contribution in [-0.4, -0.2) is 27.3 Å². The number of hydrogen-bond donors (Lipinski definition) is 1. The normalized spacial score (nSPS) is 12.4. The SMILES string of the molecule is COC(=O)C[C@@H](NS(=O)(=O)c1ccc(C(C)=O)cc1)c1ccccc1. The van der Waals surface area contributed by atoms with Gasteiger partial charge in [-0.3, -0.25) is 9.59 Å². The Morgan fingerprint density at radius 3 is 2.16 bits per heavy atom. The van der Waals surface area contributed by atoms with Crippen molar-refractivity contribution in [2.45, 2.75) is 24.3 Å². The zero-order chi connectivity index (χ0) is 18.4. The first-order chi connectivity index (χ1) is 11.8. The molecule has 0 radical (unpaired) electrons. The van der Waals surface area contributed by atoms with Crippen molar-refractivity contribution in [3.05, 3.63) is 65.7 Å². The number of carbonyl (C=O) groups is 2. The predicted molar refractivity (Wildman–Crippen MR) is 92.6 cm³/mol. The maximum absolute atomic E-state index is 12.6. The molecule has 0 aliphatic heterocycles. The highest BCUT2D eigenvalue weighted by Crippen LogP contribution is 2.21. The van der Waals surface area contributed by atoms with Gasteiger partial charge < -0.3 is 4.74 Å². The van der Waals surface area contributed by atoms with Gasteiger partial charge in [0.2, 0.25) is 10.0 Å². The van der Waals surface area contributed by atoms with Gasteiger partial charge in [-0.05, 0) is 24.6 Å². The summed E-state index contributed by atoms with van der Waals surface area (Å²) in [5, 5.41) is 0. The van der Waals surface area contributed by atoms with Crippen LogP contribution in [0.5, 0.6) is 0 Å². The second-order valence-electron chi connectivity index (χ2n) is 5.45. The highest BCUT2D eigenvalue weighted by Gasteiger charge is 2.24. The fourth-order valence-corrected chi connectivity index (χ4v) is 3.51. The fraction of sp³-hybridized carbons (Fsp3) is 0.222. The quantitative estimate of drug-likeness (QED) is 0.604. The van der Waals surface area contributed by atoms with Gasteiger partial charge in [-0.2, -0.15) is 0 Å². The molecule has 25 heavy (non-hydrogen) atoms. The average Bonchev–Trinajstić information content (AvgIpc) is 2.61. The van der Waals surface area contributed by atoms with Crippen LogP contribution in [0.15, 0.2) is 59.5 Å². The number of carbonyl (C=O) groups excluding carboxylic acids is 2. The van der Waals surface area contributed by atoms with Crippen LogP contribution in [0, 0.1) is 0 Å². The van der Waals surface area contributed by atoms with Crippen molar-refractivity contribution in [1.82, 2.24) is 4.72 Å². The molecule has 0 fully saturated rings. The van der Waals surface area contributed by atoms with Gasteiger partial charge in [-0.1, -0.05) is 42.5 Å². The molecule has 0 bridgehead atoms. The number of ether oxygens (including phenoxy) is 1. The standard InChI is InChI=1S/C18H19NO5S/c1-13(20)14-8-10-16(11-9-14)25(22,23)19-17(12-18(21)24-2)15-6-4-3-5-7-15/h3-11,17,19H,12H2,1-2H3/t17-/m1/s1. The summed E-state index contributed by atoms with van der Waals surface area (Å²) in [5.41, 5.74) is 1.07. The first-order valence-electron chi connectivity index (χ1n) is 7.58. The number of hydrogen-bond acceptors (Lipinski definition) is 5. The summed E-state index contributed by atoms with van der Waals surface area (Å²) in [6.45, 7) is 1.41. The summed E-state index contributed by atoms with van der Waals surface area (Å²) in [5.74, 6) is -0.673. The zero-order valence-electron chi connectivity index (χ0n) is 13.9. The summed E-state index contributed by atoms with van der Waals surface area (Å²) in [4.78, 5) is 23.0. The zero-order valence-corrected chi connectivity index (χ0v) is 14.7. The van der Waals surface area contributed by atoms with Crippen LogP contribution in [0.2, 0.25) is 0 Å². The first-order valence-corrected chi connectivity index (χ1v) is 9.07. The molecule has 2 aromatic rings. The van der Waals surface area contributed by atoms with Gasteiger partial charge in [0.25, 0.3) is 0 Å². The molecular formula is C18H19NO5S. The minimum atomic E-state index is -3.87. The summed E-state index contributed by atoms with van der Waals surface area (Å²) >= 11 is 0. The lowest BCUT2D eigenvalue weighted by Crippen LogP contribution is -2.30. The topological polar surface area (TPSA) is 89.5 Å². The largest absolute Gasteiger partial charge is 0.469 e. The van der Waals surface area contributed by atoms with Crippen LogP contribution in [0.3, 0.4) is 0 Å². The van der Waals surface area contributed by atoms with Gasteiger partial charge >= 0.3 is 5.97 Å². The van der Waals surface area contributed by atoms with Crippen LogP contribution in [0.25, 0.3) is 0 Å².